The van der Waals surface area contributed by atoms with Crippen LogP contribution in [0.1, 0.15) is 18.1 Å². The lowest BCUT2D eigenvalue weighted by Crippen LogP contribution is -2.28. The van der Waals surface area contributed by atoms with Gasteiger partial charge in [0.05, 0.1) is 11.4 Å². The van der Waals surface area contributed by atoms with E-state index < -0.39 is 10.0 Å². The van der Waals surface area contributed by atoms with Gasteiger partial charge in [-0.25, -0.2) is 8.42 Å². The van der Waals surface area contributed by atoms with Crippen molar-refractivity contribution in [1.82, 2.24) is 9.62 Å². The van der Waals surface area contributed by atoms with Crippen LogP contribution in [0.15, 0.2) is 23.1 Å². The summed E-state index contributed by atoms with van der Waals surface area (Å²) in [5.41, 5.74) is 1.75. The first-order valence-electron chi connectivity index (χ1n) is 6.13. The van der Waals surface area contributed by atoms with Gasteiger partial charge in [-0.2, -0.15) is 4.31 Å². The zero-order valence-electron chi connectivity index (χ0n) is 11.6. The Hall–Kier alpha value is -1.35. The van der Waals surface area contributed by atoms with Crippen LogP contribution in [-0.4, -0.2) is 33.4 Å². The molecular weight excluding hydrogens is 260 g/mol. The predicted molar refractivity (Wildman–Crippen MR) is 77.2 cm³/mol. The zero-order chi connectivity index (χ0) is 14.5. The highest BCUT2D eigenvalue weighted by atomic mass is 32.2. The molecule has 0 unspecified atom stereocenters. The van der Waals surface area contributed by atoms with Crippen LogP contribution < -0.4 is 5.32 Å². The van der Waals surface area contributed by atoms with Crippen LogP contribution in [0, 0.1) is 12.3 Å². The third-order valence-corrected chi connectivity index (χ3v) is 4.78. The maximum atomic E-state index is 12.5. The highest BCUT2D eigenvalue weighted by Gasteiger charge is 2.23. The highest BCUT2D eigenvalue weighted by molar-refractivity contribution is 7.89. The van der Waals surface area contributed by atoms with Crippen LogP contribution in [0.4, 0.5) is 0 Å². The summed E-state index contributed by atoms with van der Waals surface area (Å²) in [5, 5.41) is 3.01. The van der Waals surface area contributed by atoms with Gasteiger partial charge in [0.1, 0.15) is 0 Å². The number of terminal acetylenes is 1. The number of aryl methyl sites for hydroxylation is 1. The summed E-state index contributed by atoms with van der Waals surface area (Å²) in [7, 11) is -0.196. The lowest BCUT2D eigenvalue weighted by atomic mass is 10.1. The second kappa shape index (κ2) is 6.71. The topological polar surface area (TPSA) is 49.4 Å². The third-order valence-electron chi connectivity index (χ3n) is 2.90. The van der Waals surface area contributed by atoms with Crippen molar-refractivity contribution in [3.05, 3.63) is 29.3 Å². The van der Waals surface area contributed by atoms with E-state index in [0.29, 0.717) is 17.9 Å². The molecule has 0 radical (unpaired) electrons. The van der Waals surface area contributed by atoms with E-state index in [2.05, 4.69) is 11.2 Å². The summed E-state index contributed by atoms with van der Waals surface area (Å²) in [6.45, 7) is 2.64. The second-order valence-electron chi connectivity index (χ2n) is 4.29. The quantitative estimate of drug-likeness (QED) is 0.797. The monoisotopic (exact) mass is 280 g/mol. The van der Waals surface area contributed by atoms with Crippen molar-refractivity contribution >= 4 is 10.0 Å². The smallest absolute Gasteiger partial charge is 0.243 e. The number of sulfonamides is 1. The summed E-state index contributed by atoms with van der Waals surface area (Å²) >= 11 is 0. The molecule has 1 aromatic rings. The summed E-state index contributed by atoms with van der Waals surface area (Å²) < 4.78 is 26.1. The van der Waals surface area contributed by atoms with Gasteiger partial charge in [-0.15, -0.1) is 6.42 Å². The maximum Gasteiger partial charge on any atom is 0.243 e. The summed E-state index contributed by atoms with van der Waals surface area (Å²) in [6.07, 6.45) is 5.85. The molecule has 0 aromatic heterocycles. The molecule has 0 saturated heterocycles. The van der Waals surface area contributed by atoms with Gasteiger partial charge in [-0.05, 0) is 30.7 Å². The second-order valence-corrected chi connectivity index (χ2v) is 6.30. The van der Waals surface area contributed by atoms with Gasteiger partial charge in [0.25, 0.3) is 0 Å². The molecular formula is C14H20N2O2S. The van der Waals surface area contributed by atoms with Crippen molar-refractivity contribution in [3.63, 3.8) is 0 Å². The molecule has 0 spiro atoms. The normalized spacial score (nSPS) is 11.5. The molecule has 4 nitrogen and oxygen atoms in total. The largest absolute Gasteiger partial charge is 0.316 e. The van der Waals surface area contributed by atoms with Crippen LogP contribution >= 0.6 is 0 Å². The molecule has 0 aliphatic carbocycles. The molecule has 0 saturated carbocycles. The summed E-state index contributed by atoms with van der Waals surface area (Å²) in [4.78, 5) is 0.348. The van der Waals surface area contributed by atoms with Crippen LogP contribution in [0.3, 0.4) is 0 Å². The molecule has 104 valence electrons. The number of nitrogens with one attached hydrogen (secondary N) is 1. The molecule has 0 bridgehead atoms. The molecule has 19 heavy (non-hydrogen) atoms. The van der Waals surface area contributed by atoms with Crippen LogP contribution in [0.25, 0.3) is 0 Å². The fraction of sp³-hybridized carbons (Fsp3) is 0.429. The molecule has 0 amide bonds. The summed E-state index contributed by atoms with van der Waals surface area (Å²) in [6, 6.07) is 5.52. The zero-order valence-corrected chi connectivity index (χ0v) is 12.4. The Labute approximate surface area is 115 Å². The standard InChI is InChI=1S/C14H20N2O2S/c1-5-9-16(4)19(17,18)14-10-12(11-15-3)7-8-13(14)6-2/h1,7-8,10,15H,6,9,11H2,2-4H3. The van der Waals surface area contributed by atoms with E-state index in [1.807, 2.05) is 26.1 Å². The molecule has 0 heterocycles. The maximum absolute atomic E-state index is 12.5. The fourth-order valence-corrected chi connectivity index (χ4v) is 3.25. The van der Waals surface area contributed by atoms with E-state index in [-0.39, 0.29) is 6.54 Å². The third kappa shape index (κ3) is 3.57. The number of benzene rings is 1. The Balaban J connectivity index is 3.30. The number of rotatable bonds is 6. The Bertz CT molecular complexity index is 574. The van der Waals surface area contributed by atoms with Crippen LogP contribution in [0.2, 0.25) is 0 Å². The highest BCUT2D eigenvalue weighted by Crippen LogP contribution is 2.21. The minimum Gasteiger partial charge on any atom is -0.316 e. The Morgan fingerprint density at radius 2 is 2.11 bits per heavy atom. The first-order chi connectivity index (χ1) is 8.97. The van der Waals surface area contributed by atoms with Gasteiger partial charge < -0.3 is 5.32 Å². The van der Waals surface area contributed by atoms with Gasteiger partial charge in [-0.3, -0.25) is 0 Å². The molecule has 0 aliphatic rings. The number of hydrogen-bond acceptors (Lipinski definition) is 3. The van der Waals surface area contributed by atoms with Crippen molar-refractivity contribution in [1.29, 1.82) is 0 Å². The van der Waals surface area contributed by atoms with Gasteiger partial charge >= 0.3 is 0 Å². The number of nitrogens with zero attached hydrogens (tertiary/aromatic N) is 1. The first-order valence-corrected chi connectivity index (χ1v) is 7.57. The molecule has 1 rings (SSSR count). The van der Waals surface area contributed by atoms with E-state index >= 15 is 0 Å². The number of hydrogen-bond donors (Lipinski definition) is 1. The van der Waals surface area contributed by atoms with E-state index in [9.17, 15) is 8.42 Å². The van der Waals surface area contributed by atoms with Crippen molar-refractivity contribution in [2.45, 2.75) is 24.8 Å². The molecule has 1 aromatic carbocycles. The molecule has 0 atom stereocenters. The average Bonchev–Trinajstić information content (AvgIpc) is 2.39. The minimum absolute atomic E-state index is 0.0712. The van der Waals surface area contributed by atoms with Gasteiger partial charge in [-0.1, -0.05) is 25.0 Å². The fourth-order valence-electron chi connectivity index (χ4n) is 1.83. The summed E-state index contributed by atoms with van der Waals surface area (Å²) in [5.74, 6) is 2.36. The van der Waals surface area contributed by atoms with Crippen LogP contribution in [-0.2, 0) is 23.0 Å². The average molecular weight is 280 g/mol. The van der Waals surface area contributed by atoms with E-state index in [1.165, 1.54) is 11.4 Å². The van der Waals surface area contributed by atoms with Crippen molar-refractivity contribution in [2.24, 2.45) is 0 Å². The van der Waals surface area contributed by atoms with Crippen molar-refractivity contribution in [3.8, 4) is 12.3 Å². The Kier molecular flexibility index (Phi) is 5.55. The molecule has 1 N–H and O–H groups in total. The molecule has 5 heteroatoms. The van der Waals surface area contributed by atoms with Crippen molar-refractivity contribution in [2.75, 3.05) is 20.6 Å². The van der Waals surface area contributed by atoms with Gasteiger partial charge in [0, 0.05) is 13.6 Å². The lowest BCUT2D eigenvalue weighted by molar-refractivity contribution is 0.502. The van der Waals surface area contributed by atoms with E-state index in [1.54, 1.807) is 6.07 Å². The lowest BCUT2D eigenvalue weighted by Gasteiger charge is -2.17. The minimum atomic E-state index is -3.52. The first kappa shape index (κ1) is 15.7. The Morgan fingerprint density at radius 3 is 2.63 bits per heavy atom. The van der Waals surface area contributed by atoms with E-state index in [0.717, 1.165) is 11.1 Å². The van der Waals surface area contributed by atoms with Crippen LogP contribution in [0.5, 0.6) is 0 Å². The Morgan fingerprint density at radius 1 is 1.42 bits per heavy atom. The molecule has 0 fully saturated rings. The van der Waals surface area contributed by atoms with Gasteiger partial charge in [0.2, 0.25) is 10.0 Å². The van der Waals surface area contributed by atoms with Gasteiger partial charge in [0.15, 0.2) is 0 Å². The van der Waals surface area contributed by atoms with Crippen molar-refractivity contribution < 1.29 is 8.42 Å². The predicted octanol–water partition coefficient (Wildman–Crippen LogP) is 1.22. The molecule has 0 aliphatic heterocycles. The SMILES string of the molecule is C#CCN(C)S(=O)(=O)c1cc(CNC)ccc1CC. The van der Waals surface area contributed by atoms with E-state index in [4.69, 9.17) is 6.42 Å².